The molecule has 0 radical (unpaired) electrons. The molecule has 1 rings (SSSR count). The van der Waals surface area contributed by atoms with Gasteiger partial charge >= 0.3 is 6.18 Å². The van der Waals surface area contributed by atoms with Crippen LogP contribution in [0.2, 0.25) is 0 Å². The van der Waals surface area contributed by atoms with Crippen molar-refractivity contribution < 1.29 is 18.0 Å². The number of Topliss-reactive ketones (excluding diaryl/α,β-unsaturated/α-hetero) is 1. The largest absolute Gasteiger partial charge is 0.392 e. The molecule has 1 aliphatic rings. The van der Waals surface area contributed by atoms with Gasteiger partial charge in [0.05, 0.1) is 5.92 Å². The second-order valence-electron chi connectivity index (χ2n) is 3.29. The highest BCUT2D eigenvalue weighted by Crippen LogP contribution is 2.38. The van der Waals surface area contributed by atoms with E-state index in [1.165, 1.54) is 0 Å². The van der Waals surface area contributed by atoms with Crippen molar-refractivity contribution in [3.8, 4) is 0 Å². The Morgan fingerprint density at radius 3 is 2.33 bits per heavy atom. The molecule has 0 amide bonds. The second kappa shape index (κ2) is 3.07. The minimum absolute atomic E-state index is 0.00472. The Morgan fingerprint density at radius 2 is 1.92 bits per heavy atom. The van der Waals surface area contributed by atoms with Gasteiger partial charge < -0.3 is 6.92 Å². The summed E-state index contributed by atoms with van der Waals surface area (Å²) >= 11 is 0. The first-order chi connectivity index (χ1) is 5.39. The molecule has 0 bridgehead atoms. The Hall–Kier alpha value is -0.540. The lowest BCUT2D eigenvalue weighted by atomic mass is 9.81. The Balaban J connectivity index is 2.62. The number of alkyl halides is 3. The molecule has 0 aromatic heterocycles. The fraction of sp³-hybridized carbons (Fsp3) is 0.750. The van der Waals surface area contributed by atoms with Gasteiger partial charge in [0.25, 0.3) is 0 Å². The highest BCUT2D eigenvalue weighted by Gasteiger charge is 2.42. The maximum Gasteiger partial charge on any atom is 0.392 e. The molecule has 4 heteroatoms. The Labute approximate surface area is 68.9 Å². The summed E-state index contributed by atoms with van der Waals surface area (Å²) in [5, 5.41) is 0. The third-order valence-electron chi connectivity index (χ3n) is 2.07. The van der Waals surface area contributed by atoms with Crippen LogP contribution in [0.25, 0.3) is 0 Å². The molecule has 0 spiro atoms. The zero-order valence-electron chi connectivity index (χ0n) is 6.53. The zero-order chi connectivity index (χ0) is 9.35. The molecular weight excluding hydrogens is 169 g/mol. The van der Waals surface area contributed by atoms with Crippen LogP contribution in [0.3, 0.4) is 0 Å². The van der Waals surface area contributed by atoms with Crippen molar-refractivity contribution in [1.29, 1.82) is 0 Å². The smallest absolute Gasteiger partial charge is 0.340 e. The average Bonchev–Trinajstić information content (AvgIpc) is 1.82. The number of carbonyl (C=O) groups is 1. The first kappa shape index (κ1) is 9.55. The molecule has 1 nitrogen and oxygen atoms in total. The first-order valence-corrected chi connectivity index (χ1v) is 3.81. The lowest BCUT2D eigenvalue weighted by Gasteiger charge is -2.30. The van der Waals surface area contributed by atoms with Gasteiger partial charge in [-0.25, -0.2) is 0 Å². The standard InChI is InChI=1S/C8H10F3O/c1-5-2-6(8(9,10)11)4-7(12)3-5/h5-6H,1-4H2/q-1. The van der Waals surface area contributed by atoms with Gasteiger partial charge in [-0.2, -0.15) is 19.1 Å². The molecule has 2 unspecified atom stereocenters. The van der Waals surface area contributed by atoms with Crippen molar-refractivity contribution in [3.63, 3.8) is 0 Å². The van der Waals surface area contributed by atoms with Gasteiger partial charge in [0.2, 0.25) is 0 Å². The molecule has 2 atom stereocenters. The summed E-state index contributed by atoms with van der Waals surface area (Å²) < 4.78 is 36.3. The van der Waals surface area contributed by atoms with E-state index < -0.39 is 12.1 Å². The molecule has 0 heterocycles. The van der Waals surface area contributed by atoms with Crippen LogP contribution in [-0.4, -0.2) is 12.0 Å². The normalized spacial score (nSPS) is 32.2. The van der Waals surface area contributed by atoms with Crippen molar-refractivity contribution in [1.82, 2.24) is 0 Å². The molecule has 70 valence electrons. The lowest BCUT2D eigenvalue weighted by Crippen LogP contribution is -2.32. The van der Waals surface area contributed by atoms with Crippen LogP contribution in [0.1, 0.15) is 19.3 Å². The van der Waals surface area contributed by atoms with Crippen LogP contribution in [0, 0.1) is 18.8 Å². The summed E-state index contributed by atoms with van der Waals surface area (Å²) in [5.41, 5.74) is 0. The van der Waals surface area contributed by atoms with Crippen molar-refractivity contribution >= 4 is 5.78 Å². The van der Waals surface area contributed by atoms with Gasteiger partial charge in [-0.05, 0) is 6.42 Å². The number of hydrogen-bond donors (Lipinski definition) is 0. The lowest BCUT2D eigenvalue weighted by molar-refractivity contribution is -0.186. The van der Waals surface area contributed by atoms with Crippen LogP contribution in [0.15, 0.2) is 0 Å². The predicted molar refractivity (Wildman–Crippen MR) is 37.3 cm³/mol. The molecule has 1 saturated carbocycles. The quantitative estimate of drug-likeness (QED) is 0.522. The van der Waals surface area contributed by atoms with Gasteiger partial charge in [-0.1, -0.05) is 6.42 Å². The van der Waals surface area contributed by atoms with E-state index in [1.54, 1.807) is 0 Å². The monoisotopic (exact) mass is 179 g/mol. The van der Waals surface area contributed by atoms with Crippen LogP contribution < -0.4 is 0 Å². The van der Waals surface area contributed by atoms with E-state index in [0.717, 1.165) is 0 Å². The van der Waals surface area contributed by atoms with Crippen LogP contribution in [0.5, 0.6) is 0 Å². The molecule has 1 fully saturated rings. The number of carbonyl (C=O) groups excluding carboxylic acids is 1. The van der Waals surface area contributed by atoms with E-state index in [0.29, 0.717) is 0 Å². The number of ketones is 1. The van der Waals surface area contributed by atoms with E-state index in [2.05, 4.69) is 6.92 Å². The molecule has 0 aromatic carbocycles. The van der Waals surface area contributed by atoms with Crippen molar-refractivity contribution in [3.05, 3.63) is 6.92 Å². The van der Waals surface area contributed by atoms with Gasteiger partial charge in [0, 0.05) is 6.42 Å². The number of hydrogen-bond acceptors (Lipinski definition) is 1. The predicted octanol–water partition coefficient (Wildman–Crippen LogP) is 2.37. The van der Waals surface area contributed by atoms with E-state index in [9.17, 15) is 18.0 Å². The highest BCUT2D eigenvalue weighted by molar-refractivity contribution is 5.79. The minimum atomic E-state index is -4.23. The SMILES string of the molecule is [CH2-]C1CC(=O)CC(C(F)(F)F)C1. The highest BCUT2D eigenvalue weighted by atomic mass is 19.4. The molecular formula is C8H10F3O-. The van der Waals surface area contributed by atoms with Crippen LogP contribution in [-0.2, 0) is 4.79 Å². The molecule has 12 heavy (non-hydrogen) atoms. The van der Waals surface area contributed by atoms with Crippen molar-refractivity contribution in [2.45, 2.75) is 25.4 Å². The third-order valence-corrected chi connectivity index (χ3v) is 2.07. The summed E-state index contributed by atoms with van der Waals surface area (Å²) in [7, 11) is 0. The number of rotatable bonds is 0. The maximum atomic E-state index is 12.1. The maximum absolute atomic E-state index is 12.1. The summed E-state index contributed by atoms with van der Waals surface area (Å²) in [6.45, 7) is 3.49. The fourth-order valence-corrected chi connectivity index (χ4v) is 1.50. The summed E-state index contributed by atoms with van der Waals surface area (Å²) in [5.74, 6) is -2.14. The van der Waals surface area contributed by atoms with E-state index in [-0.39, 0.29) is 31.0 Å². The van der Waals surface area contributed by atoms with E-state index >= 15 is 0 Å². The Bertz CT molecular complexity index is 185. The van der Waals surface area contributed by atoms with E-state index in [4.69, 9.17) is 0 Å². The molecule has 0 saturated heterocycles. The van der Waals surface area contributed by atoms with Gasteiger partial charge in [0.15, 0.2) is 0 Å². The summed E-state index contributed by atoms with van der Waals surface area (Å²) in [6.07, 6.45) is -4.39. The Morgan fingerprint density at radius 1 is 1.33 bits per heavy atom. The van der Waals surface area contributed by atoms with Gasteiger partial charge in [0.1, 0.15) is 5.78 Å². The van der Waals surface area contributed by atoms with Gasteiger partial charge in [-0.3, -0.25) is 4.79 Å². The van der Waals surface area contributed by atoms with Crippen LogP contribution >= 0.6 is 0 Å². The van der Waals surface area contributed by atoms with Crippen LogP contribution in [0.4, 0.5) is 13.2 Å². The molecule has 0 aliphatic heterocycles. The second-order valence-corrected chi connectivity index (χ2v) is 3.29. The molecule has 1 aliphatic carbocycles. The average molecular weight is 179 g/mol. The van der Waals surface area contributed by atoms with Crippen molar-refractivity contribution in [2.75, 3.05) is 0 Å². The summed E-state index contributed by atoms with van der Waals surface area (Å²) in [6, 6.07) is 0. The third kappa shape index (κ3) is 2.22. The minimum Gasteiger partial charge on any atom is -0.340 e. The topological polar surface area (TPSA) is 17.1 Å². The number of halogens is 3. The fourth-order valence-electron chi connectivity index (χ4n) is 1.50. The van der Waals surface area contributed by atoms with Gasteiger partial charge in [-0.15, -0.1) is 0 Å². The molecule has 0 aromatic rings. The Kier molecular flexibility index (Phi) is 2.44. The first-order valence-electron chi connectivity index (χ1n) is 3.81. The van der Waals surface area contributed by atoms with E-state index in [1.807, 2.05) is 0 Å². The molecule has 0 N–H and O–H groups in total. The summed E-state index contributed by atoms with van der Waals surface area (Å²) in [4.78, 5) is 10.8. The zero-order valence-corrected chi connectivity index (χ0v) is 6.53. The van der Waals surface area contributed by atoms with Crippen molar-refractivity contribution in [2.24, 2.45) is 11.8 Å².